The second-order valence-corrected chi connectivity index (χ2v) is 5.21. The Morgan fingerprint density at radius 3 is 2.78 bits per heavy atom. The number of halogens is 1. The molecule has 0 bridgehead atoms. The lowest BCUT2D eigenvalue weighted by atomic mass is 10.0. The summed E-state index contributed by atoms with van der Waals surface area (Å²) in [6.45, 7) is 3.08. The van der Waals surface area contributed by atoms with E-state index in [1.807, 2.05) is 24.0 Å². The van der Waals surface area contributed by atoms with Gasteiger partial charge in [-0.3, -0.25) is 4.68 Å². The molecule has 2 rings (SSSR count). The quantitative estimate of drug-likeness (QED) is 0.920. The zero-order valence-electron chi connectivity index (χ0n) is 10.7. The van der Waals surface area contributed by atoms with Crippen LogP contribution in [0.3, 0.4) is 0 Å². The molecule has 4 heteroatoms. The Hall–Kier alpha value is -1.13. The Kier molecular flexibility index (Phi) is 4.55. The van der Waals surface area contributed by atoms with E-state index in [2.05, 4.69) is 57.7 Å². The highest BCUT2D eigenvalue weighted by Crippen LogP contribution is 2.25. The number of benzene rings is 1. The van der Waals surface area contributed by atoms with Gasteiger partial charge in [-0.25, -0.2) is 0 Å². The molecule has 0 aliphatic heterocycles. The average Bonchev–Trinajstić information content (AvgIpc) is 2.75. The summed E-state index contributed by atoms with van der Waals surface area (Å²) < 4.78 is 3.00. The largest absolute Gasteiger partial charge is 0.310 e. The van der Waals surface area contributed by atoms with Crippen molar-refractivity contribution in [3.63, 3.8) is 0 Å². The van der Waals surface area contributed by atoms with Gasteiger partial charge in [-0.15, -0.1) is 0 Å². The summed E-state index contributed by atoms with van der Waals surface area (Å²) in [6.07, 6.45) is 4.95. The van der Waals surface area contributed by atoms with Gasteiger partial charge in [-0.2, -0.15) is 5.10 Å². The highest BCUT2D eigenvalue weighted by atomic mass is 79.9. The number of hydrogen-bond donors (Lipinski definition) is 1. The van der Waals surface area contributed by atoms with Crippen LogP contribution in [0.1, 0.15) is 24.1 Å². The Bertz CT molecular complexity index is 507. The fourth-order valence-corrected chi connectivity index (χ4v) is 2.67. The van der Waals surface area contributed by atoms with E-state index in [-0.39, 0.29) is 0 Å². The Labute approximate surface area is 116 Å². The minimum atomic E-state index is 0.315. The molecule has 0 fully saturated rings. The van der Waals surface area contributed by atoms with Crippen LogP contribution in [0, 0.1) is 0 Å². The number of aryl methyl sites for hydroxylation is 1. The maximum atomic E-state index is 4.22. The fourth-order valence-electron chi connectivity index (χ4n) is 2.11. The topological polar surface area (TPSA) is 29.9 Å². The van der Waals surface area contributed by atoms with Gasteiger partial charge in [0.15, 0.2) is 0 Å². The summed E-state index contributed by atoms with van der Waals surface area (Å²) in [7, 11) is 1.95. The SMILES string of the molecule is CCNC(Cc1cnn(C)c1)c1ccccc1Br. The van der Waals surface area contributed by atoms with E-state index in [1.54, 1.807) is 0 Å². The first kappa shape index (κ1) is 13.3. The molecule has 0 saturated heterocycles. The van der Waals surface area contributed by atoms with Crippen molar-refractivity contribution in [1.82, 2.24) is 15.1 Å². The molecule has 1 unspecified atom stereocenters. The Balaban J connectivity index is 2.20. The smallest absolute Gasteiger partial charge is 0.0522 e. The number of aromatic nitrogens is 2. The Morgan fingerprint density at radius 2 is 2.17 bits per heavy atom. The summed E-state index contributed by atoms with van der Waals surface area (Å²) in [5.41, 5.74) is 2.54. The molecule has 0 saturated carbocycles. The van der Waals surface area contributed by atoms with Crippen molar-refractivity contribution < 1.29 is 0 Å². The van der Waals surface area contributed by atoms with Gasteiger partial charge in [-0.1, -0.05) is 41.1 Å². The second-order valence-electron chi connectivity index (χ2n) is 4.36. The highest BCUT2D eigenvalue weighted by molar-refractivity contribution is 9.10. The van der Waals surface area contributed by atoms with Crippen LogP contribution in [0.25, 0.3) is 0 Å². The molecule has 0 aliphatic rings. The molecular formula is C14H18BrN3. The van der Waals surface area contributed by atoms with Gasteiger partial charge in [0, 0.05) is 23.8 Å². The second kappa shape index (κ2) is 6.16. The van der Waals surface area contributed by atoms with Crippen molar-refractivity contribution in [2.75, 3.05) is 6.54 Å². The van der Waals surface area contributed by atoms with E-state index in [4.69, 9.17) is 0 Å². The summed E-state index contributed by atoms with van der Waals surface area (Å²) in [4.78, 5) is 0. The third-order valence-electron chi connectivity index (χ3n) is 2.93. The first-order valence-electron chi connectivity index (χ1n) is 6.16. The van der Waals surface area contributed by atoms with Gasteiger partial charge in [0.1, 0.15) is 0 Å². The minimum absolute atomic E-state index is 0.315. The molecule has 96 valence electrons. The van der Waals surface area contributed by atoms with E-state index in [0.29, 0.717) is 6.04 Å². The molecule has 0 aliphatic carbocycles. The Morgan fingerprint density at radius 1 is 1.39 bits per heavy atom. The predicted octanol–water partition coefficient (Wildman–Crippen LogP) is 3.08. The molecule has 2 aromatic rings. The van der Waals surface area contributed by atoms with E-state index in [0.717, 1.165) is 17.4 Å². The molecule has 18 heavy (non-hydrogen) atoms. The van der Waals surface area contributed by atoms with Gasteiger partial charge in [0.05, 0.1) is 6.20 Å². The molecule has 1 aromatic heterocycles. The molecule has 1 aromatic carbocycles. The van der Waals surface area contributed by atoms with Crippen LogP contribution in [-0.4, -0.2) is 16.3 Å². The van der Waals surface area contributed by atoms with Crippen LogP contribution in [-0.2, 0) is 13.5 Å². The summed E-state index contributed by atoms with van der Waals surface area (Å²) in [5.74, 6) is 0. The van der Waals surface area contributed by atoms with Gasteiger partial charge < -0.3 is 5.32 Å². The van der Waals surface area contributed by atoms with Gasteiger partial charge in [0.2, 0.25) is 0 Å². The third kappa shape index (κ3) is 3.21. The summed E-state index contributed by atoms with van der Waals surface area (Å²) in [6, 6.07) is 8.68. The van der Waals surface area contributed by atoms with E-state index >= 15 is 0 Å². The van der Waals surface area contributed by atoms with Crippen LogP contribution in [0.4, 0.5) is 0 Å². The lowest BCUT2D eigenvalue weighted by molar-refractivity contribution is 0.548. The van der Waals surface area contributed by atoms with E-state index in [1.165, 1.54) is 11.1 Å². The average molecular weight is 308 g/mol. The number of rotatable bonds is 5. The maximum absolute atomic E-state index is 4.22. The fraction of sp³-hybridized carbons (Fsp3) is 0.357. The molecule has 1 atom stereocenters. The first-order chi connectivity index (χ1) is 8.70. The number of likely N-dealkylation sites (N-methyl/N-ethyl adjacent to an activating group) is 1. The van der Waals surface area contributed by atoms with Gasteiger partial charge in [0.25, 0.3) is 0 Å². The van der Waals surface area contributed by atoms with Crippen molar-refractivity contribution >= 4 is 15.9 Å². The van der Waals surface area contributed by atoms with Crippen molar-refractivity contribution in [2.45, 2.75) is 19.4 Å². The number of nitrogens with one attached hydrogen (secondary N) is 1. The molecule has 0 spiro atoms. The van der Waals surface area contributed by atoms with Crippen LogP contribution in [0.15, 0.2) is 41.1 Å². The molecule has 1 N–H and O–H groups in total. The van der Waals surface area contributed by atoms with E-state index < -0.39 is 0 Å². The molecule has 3 nitrogen and oxygen atoms in total. The van der Waals surface area contributed by atoms with Crippen LogP contribution in [0.2, 0.25) is 0 Å². The monoisotopic (exact) mass is 307 g/mol. The lowest BCUT2D eigenvalue weighted by Crippen LogP contribution is -2.23. The summed E-state index contributed by atoms with van der Waals surface area (Å²) >= 11 is 3.62. The molecule has 0 radical (unpaired) electrons. The lowest BCUT2D eigenvalue weighted by Gasteiger charge is -2.19. The van der Waals surface area contributed by atoms with Crippen molar-refractivity contribution in [3.8, 4) is 0 Å². The maximum Gasteiger partial charge on any atom is 0.0522 e. The number of hydrogen-bond acceptors (Lipinski definition) is 2. The predicted molar refractivity (Wildman–Crippen MR) is 77.5 cm³/mol. The van der Waals surface area contributed by atoms with E-state index in [9.17, 15) is 0 Å². The zero-order valence-corrected chi connectivity index (χ0v) is 12.3. The third-order valence-corrected chi connectivity index (χ3v) is 3.65. The highest BCUT2D eigenvalue weighted by Gasteiger charge is 2.14. The molecular weight excluding hydrogens is 290 g/mol. The van der Waals surface area contributed by atoms with Crippen LogP contribution >= 0.6 is 15.9 Å². The van der Waals surface area contributed by atoms with Crippen LogP contribution < -0.4 is 5.32 Å². The van der Waals surface area contributed by atoms with Crippen molar-refractivity contribution in [3.05, 3.63) is 52.3 Å². The standard InChI is InChI=1S/C14H18BrN3/c1-3-16-14(8-11-9-17-18(2)10-11)12-6-4-5-7-13(12)15/h4-7,9-10,14,16H,3,8H2,1-2H3. The number of nitrogens with zero attached hydrogens (tertiary/aromatic N) is 2. The van der Waals surface area contributed by atoms with Crippen molar-refractivity contribution in [2.24, 2.45) is 7.05 Å². The summed E-state index contributed by atoms with van der Waals surface area (Å²) in [5, 5.41) is 7.75. The van der Waals surface area contributed by atoms with Crippen LogP contribution in [0.5, 0.6) is 0 Å². The van der Waals surface area contributed by atoms with Gasteiger partial charge in [-0.05, 0) is 30.2 Å². The minimum Gasteiger partial charge on any atom is -0.310 e. The molecule has 1 heterocycles. The van der Waals surface area contributed by atoms with Gasteiger partial charge >= 0.3 is 0 Å². The molecule has 0 amide bonds. The zero-order chi connectivity index (χ0) is 13.0. The van der Waals surface area contributed by atoms with Crippen molar-refractivity contribution in [1.29, 1.82) is 0 Å². The normalized spacial score (nSPS) is 12.6. The first-order valence-corrected chi connectivity index (χ1v) is 6.95.